The van der Waals surface area contributed by atoms with Gasteiger partial charge >= 0.3 is 6.18 Å². The summed E-state index contributed by atoms with van der Waals surface area (Å²) in [5, 5.41) is 0. The third-order valence-electron chi connectivity index (χ3n) is 3.52. The number of rotatable bonds is 6. The number of anilines is 1. The van der Waals surface area contributed by atoms with E-state index >= 15 is 0 Å². The fourth-order valence-electron chi connectivity index (χ4n) is 2.25. The highest BCUT2D eigenvalue weighted by molar-refractivity contribution is 7.89. The fraction of sp³-hybridized carbons (Fsp3) is 0.294. The number of halogens is 3. The lowest BCUT2D eigenvalue weighted by molar-refractivity contribution is -0.137. The average Bonchev–Trinajstić information content (AvgIpc) is 2.59. The minimum atomic E-state index is -4.63. The summed E-state index contributed by atoms with van der Waals surface area (Å²) in [6.07, 6.45) is 1.60. The quantitative estimate of drug-likeness (QED) is 0.752. The molecule has 2 rings (SSSR count). The maximum absolute atomic E-state index is 13.0. The lowest BCUT2D eigenvalue weighted by atomic mass is 10.1. The molecule has 0 amide bonds. The van der Waals surface area contributed by atoms with Crippen molar-refractivity contribution < 1.29 is 21.6 Å². The molecule has 0 aliphatic rings. The largest absolute Gasteiger partial charge is 0.417 e. The maximum Gasteiger partial charge on any atom is 0.417 e. The molecule has 0 aliphatic heterocycles. The first-order chi connectivity index (χ1) is 12.9. The molecule has 28 heavy (non-hydrogen) atoms. The summed E-state index contributed by atoms with van der Waals surface area (Å²) in [5.74, 6) is 0. The predicted molar refractivity (Wildman–Crippen MR) is 99.5 cm³/mol. The molecule has 2 heterocycles. The molecule has 2 aromatic rings. The number of pyridine rings is 2. The Kier molecular flexibility index (Phi) is 6.30. The van der Waals surface area contributed by atoms with E-state index in [1.807, 2.05) is 0 Å². The molecule has 0 radical (unpaired) electrons. The van der Waals surface area contributed by atoms with Crippen LogP contribution >= 0.6 is 0 Å². The van der Waals surface area contributed by atoms with Gasteiger partial charge in [-0.25, -0.2) is 13.1 Å². The van der Waals surface area contributed by atoms with E-state index in [1.54, 1.807) is 38.2 Å². The van der Waals surface area contributed by atoms with E-state index in [9.17, 15) is 21.6 Å². The van der Waals surface area contributed by atoms with Gasteiger partial charge in [-0.3, -0.25) is 9.97 Å². The van der Waals surface area contributed by atoms with Crippen LogP contribution in [0.15, 0.2) is 47.9 Å². The summed E-state index contributed by atoms with van der Waals surface area (Å²) in [6.45, 7) is 1.61. The molecule has 7 nitrogen and oxygen atoms in total. The van der Waals surface area contributed by atoms with E-state index in [0.717, 1.165) is 18.3 Å². The molecule has 1 atom stereocenters. The van der Waals surface area contributed by atoms with Gasteiger partial charge in [0.2, 0.25) is 10.0 Å². The maximum atomic E-state index is 13.0. The van der Waals surface area contributed by atoms with Crippen molar-refractivity contribution in [1.82, 2.24) is 19.6 Å². The van der Waals surface area contributed by atoms with Crippen LogP contribution in [0.3, 0.4) is 0 Å². The number of nitrogen functional groups attached to an aromatic ring is 1. The van der Waals surface area contributed by atoms with Crippen molar-refractivity contribution in [3.63, 3.8) is 0 Å². The molecule has 11 heteroatoms. The molecule has 0 spiro atoms. The Hall–Kier alpha value is -2.66. The van der Waals surface area contributed by atoms with E-state index in [1.165, 1.54) is 6.20 Å². The third kappa shape index (κ3) is 5.42. The SMILES string of the molecule is CC(/C=C\N(C)C)NS(=O)(=O)c1cc(N)cnc1-c1cncc(C(F)(F)F)c1. The summed E-state index contributed by atoms with van der Waals surface area (Å²) in [5.41, 5.74) is 4.44. The van der Waals surface area contributed by atoms with Crippen LogP contribution in [0.1, 0.15) is 12.5 Å². The Morgan fingerprint density at radius 3 is 2.50 bits per heavy atom. The highest BCUT2D eigenvalue weighted by Gasteiger charge is 2.32. The Morgan fingerprint density at radius 2 is 1.89 bits per heavy atom. The van der Waals surface area contributed by atoms with Crippen LogP contribution in [0.4, 0.5) is 18.9 Å². The van der Waals surface area contributed by atoms with Gasteiger partial charge < -0.3 is 10.6 Å². The number of alkyl halides is 3. The van der Waals surface area contributed by atoms with Gasteiger partial charge in [0.05, 0.1) is 23.1 Å². The zero-order valence-corrected chi connectivity index (χ0v) is 16.2. The third-order valence-corrected chi connectivity index (χ3v) is 5.09. The van der Waals surface area contributed by atoms with E-state index in [2.05, 4.69) is 14.7 Å². The molecule has 0 saturated carbocycles. The zero-order valence-electron chi connectivity index (χ0n) is 15.4. The molecule has 2 aromatic heterocycles. The lowest BCUT2D eigenvalue weighted by Gasteiger charge is -2.15. The first kappa shape index (κ1) is 21.6. The van der Waals surface area contributed by atoms with E-state index in [0.29, 0.717) is 6.20 Å². The highest BCUT2D eigenvalue weighted by atomic mass is 32.2. The molecule has 0 aliphatic carbocycles. The average molecular weight is 415 g/mol. The molecular formula is C17H20F3N5O2S. The van der Waals surface area contributed by atoms with Gasteiger partial charge in [-0.1, -0.05) is 6.08 Å². The normalized spacial score (nSPS) is 13.6. The second kappa shape index (κ2) is 8.15. The summed E-state index contributed by atoms with van der Waals surface area (Å²) in [6, 6.07) is 1.36. The van der Waals surface area contributed by atoms with Gasteiger partial charge in [0.1, 0.15) is 4.90 Å². The molecule has 0 fully saturated rings. The Balaban J connectivity index is 2.51. The standard InChI is InChI=1S/C17H20F3N5O2S/c1-11(4-5-25(2)3)24-28(26,27)15-7-14(21)10-23-16(15)12-6-13(9-22-8-12)17(18,19)20/h4-11,24H,21H2,1-3H3/b5-4-. The summed E-state index contributed by atoms with van der Waals surface area (Å²) >= 11 is 0. The lowest BCUT2D eigenvalue weighted by Crippen LogP contribution is -2.32. The summed E-state index contributed by atoms with van der Waals surface area (Å²) in [7, 11) is -0.576. The summed E-state index contributed by atoms with van der Waals surface area (Å²) < 4.78 is 67.0. The molecule has 152 valence electrons. The molecule has 0 saturated heterocycles. The van der Waals surface area contributed by atoms with Crippen molar-refractivity contribution in [3.8, 4) is 11.3 Å². The van der Waals surface area contributed by atoms with E-state index in [4.69, 9.17) is 5.73 Å². The molecule has 0 aromatic carbocycles. The van der Waals surface area contributed by atoms with E-state index < -0.39 is 27.8 Å². The smallest absolute Gasteiger partial charge is 0.397 e. The van der Waals surface area contributed by atoms with Gasteiger partial charge in [0.25, 0.3) is 0 Å². The second-order valence-electron chi connectivity index (χ2n) is 6.29. The second-order valence-corrected chi connectivity index (χ2v) is 7.97. The first-order valence-electron chi connectivity index (χ1n) is 8.05. The Labute approximate surface area is 161 Å². The van der Waals surface area contributed by atoms with Crippen LogP contribution in [0.25, 0.3) is 11.3 Å². The zero-order chi connectivity index (χ0) is 21.1. The van der Waals surface area contributed by atoms with Gasteiger partial charge in [-0.2, -0.15) is 13.2 Å². The summed E-state index contributed by atoms with van der Waals surface area (Å²) in [4.78, 5) is 8.90. The number of nitrogens with two attached hydrogens (primary N) is 1. The number of nitrogens with zero attached hydrogens (tertiary/aromatic N) is 3. The number of sulfonamides is 1. The molecule has 1 unspecified atom stereocenters. The molecular weight excluding hydrogens is 395 g/mol. The van der Waals surface area contributed by atoms with Gasteiger partial charge in [-0.05, 0) is 25.3 Å². The number of aromatic nitrogens is 2. The Morgan fingerprint density at radius 1 is 1.21 bits per heavy atom. The van der Waals surface area contributed by atoms with Crippen molar-refractivity contribution in [2.45, 2.75) is 24.0 Å². The van der Waals surface area contributed by atoms with Crippen molar-refractivity contribution in [2.75, 3.05) is 19.8 Å². The topological polar surface area (TPSA) is 101 Å². The number of hydrogen-bond donors (Lipinski definition) is 2. The van der Waals surface area contributed by atoms with Crippen LogP contribution in [-0.4, -0.2) is 43.4 Å². The van der Waals surface area contributed by atoms with Crippen molar-refractivity contribution >= 4 is 15.7 Å². The number of hydrogen-bond acceptors (Lipinski definition) is 6. The van der Waals surface area contributed by atoms with Crippen LogP contribution < -0.4 is 10.5 Å². The fourth-order valence-corrected chi connectivity index (χ4v) is 3.67. The van der Waals surface area contributed by atoms with Crippen molar-refractivity contribution in [1.29, 1.82) is 0 Å². The molecule has 3 N–H and O–H groups in total. The van der Waals surface area contributed by atoms with Crippen LogP contribution in [-0.2, 0) is 16.2 Å². The van der Waals surface area contributed by atoms with Crippen LogP contribution in [0.2, 0.25) is 0 Å². The first-order valence-corrected chi connectivity index (χ1v) is 9.53. The molecule has 0 bridgehead atoms. The number of nitrogens with one attached hydrogen (secondary N) is 1. The van der Waals surface area contributed by atoms with Crippen molar-refractivity contribution in [2.24, 2.45) is 0 Å². The van der Waals surface area contributed by atoms with Crippen molar-refractivity contribution in [3.05, 3.63) is 48.6 Å². The predicted octanol–water partition coefficient (Wildman–Crippen LogP) is 2.49. The Bertz CT molecular complexity index is 975. The van der Waals surface area contributed by atoms with Crippen LogP contribution in [0.5, 0.6) is 0 Å². The van der Waals surface area contributed by atoms with Gasteiger partial charge in [-0.15, -0.1) is 0 Å². The highest BCUT2D eigenvalue weighted by Crippen LogP contribution is 2.33. The van der Waals surface area contributed by atoms with E-state index in [-0.39, 0.29) is 21.8 Å². The van der Waals surface area contributed by atoms with Gasteiger partial charge in [0, 0.05) is 38.1 Å². The minimum absolute atomic E-state index is 0.0561. The van der Waals surface area contributed by atoms with Crippen LogP contribution in [0, 0.1) is 0 Å². The monoisotopic (exact) mass is 415 g/mol. The minimum Gasteiger partial charge on any atom is -0.397 e. The van der Waals surface area contributed by atoms with Gasteiger partial charge in [0.15, 0.2) is 0 Å².